The van der Waals surface area contributed by atoms with Crippen molar-refractivity contribution in [3.8, 4) is 5.75 Å². The van der Waals surface area contributed by atoms with Gasteiger partial charge in [-0.1, -0.05) is 6.92 Å². The second-order valence-electron chi connectivity index (χ2n) is 5.26. The van der Waals surface area contributed by atoms with E-state index in [0.29, 0.717) is 6.61 Å². The van der Waals surface area contributed by atoms with Gasteiger partial charge in [-0.15, -0.1) is 0 Å². The molecule has 2 aromatic rings. The van der Waals surface area contributed by atoms with Crippen LogP contribution < -0.4 is 10.5 Å². The fraction of sp³-hybridized carbons (Fsp3) is 0.500. The minimum Gasteiger partial charge on any atom is -0.487 e. The molecule has 0 amide bonds. The SMILES string of the molecule is CCC(N)Cc1nc(C)ccc1OCc1cnn(CC)c1. The van der Waals surface area contributed by atoms with E-state index in [-0.39, 0.29) is 6.04 Å². The maximum Gasteiger partial charge on any atom is 0.141 e. The summed E-state index contributed by atoms with van der Waals surface area (Å²) in [6, 6.07) is 4.06. The molecule has 21 heavy (non-hydrogen) atoms. The molecule has 5 heteroatoms. The first-order valence-electron chi connectivity index (χ1n) is 7.48. The van der Waals surface area contributed by atoms with Crippen molar-refractivity contribution in [1.82, 2.24) is 14.8 Å². The second kappa shape index (κ2) is 7.22. The van der Waals surface area contributed by atoms with E-state index in [2.05, 4.69) is 23.9 Å². The second-order valence-corrected chi connectivity index (χ2v) is 5.26. The van der Waals surface area contributed by atoms with Crippen LogP contribution in [0, 0.1) is 6.92 Å². The third-order valence-electron chi connectivity index (χ3n) is 3.46. The molecule has 114 valence electrons. The van der Waals surface area contributed by atoms with Gasteiger partial charge in [-0.05, 0) is 32.4 Å². The third-order valence-corrected chi connectivity index (χ3v) is 3.46. The minimum absolute atomic E-state index is 0.115. The van der Waals surface area contributed by atoms with Crippen molar-refractivity contribution in [2.24, 2.45) is 5.73 Å². The van der Waals surface area contributed by atoms with E-state index < -0.39 is 0 Å². The molecule has 2 aromatic heterocycles. The van der Waals surface area contributed by atoms with Gasteiger partial charge in [0.2, 0.25) is 0 Å². The molecule has 0 aliphatic rings. The van der Waals surface area contributed by atoms with Crippen molar-refractivity contribution in [1.29, 1.82) is 0 Å². The number of ether oxygens (including phenoxy) is 1. The summed E-state index contributed by atoms with van der Waals surface area (Å²) in [4.78, 5) is 4.57. The molecule has 5 nitrogen and oxygen atoms in total. The Kier molecular flexibility index (Phi) is 5.33. The number of nitrogens with two attached hydrogens (primary N) is 1. The number of rotatable bonds is 7. The van der Waals surface area contributed by atoms with E-state index in [1.165, 1.54) is 0 Å². The number of hydrogen-bond donors (Lipinski definition) is 1. The number of aromatic nitrogens is 3. The fourth-order valence-corrected chi connectivity index (χ4v) is 2.08. The summed E-state index contributed by atoms with van der Waals surface area (Å²) in [6.07, 6.45) is 5.50. The van der Waals surface area contributed by atoms with Gasteiger partial charge >= 0.3 is 0 Å². The van der Waals surface area contributed by atoms with Gasteiger partial charge in [0, 0.05) is 36.5 Å². The Bertz CT molecular complexity index is 579. The van der Waals surface area contributed by atoms with Crippen molar-refractivity contribution in [2.75, 3.05) is 0 Å². The first kappa shape index (κ1) is 15.5. The molecular weight excluding hydrogens is 264 g/mol. The Balaban J connectivity index is 2.07. The van der Waals surface area contributed by atoms with Crippen LogP contribution in [-0.2, 0) is 19.6 Å². The Morgan fingerprint density at radius 3 is 2.81 bits per heavy atom. The summed E-state index contributed by atoms with van der Waals surface area (Å²) >= 11 is 0. The van der Waals surface area contributed by atoms with Crippen molar-refractivity contribution in [3.05, 3.63) is 41.5 Å². The predicted molar refractivity (Wildman–Crippen MR) is 83.2 cm³/mol. The molecule has 0 fully saturated rings. The van der Waals surface area contributed by atoms with Crippen LogP contribution in [0.4, 0.5) is 0 Å². The molecule has 2 N–H and O–H groups in total. The summed E-state index contributed by atoms with van der Waals surface area (Å²) in [5.74, 6) is 0.814. The van der Waals surface area contributed by atoms with Crippen LogP contribution in [0.3, 0.4) is 0 Å². The standard InChI is InChI=1S/C16H24N4O/c1-4-14(17)8-15-16(7-6-12(3)19-15)21-11-13-9-18-20(5-2)10-13/h6-7,9-10,14H,4-5,8,11,17H2,1-3H3. The highest BCUT2D eigenvalue weighted by Crippen LogP contribution is 2.20. The average molecular weight is 288 g/mol. The molecule has 0 aromatic carbocycles. The maximum absolute atomic E-state index is 6.04. The molecule has 0 saturated heterocycles. The summed E-state index contributed by atoms with van der Waals surface area (Å²) in [5.41, 5.74) is 9.03. The Morgan fingerprint density at radius 2 is 2.14 bits per heavy atom. The lowest BCUT2D eigenvalue weighted by atomic mass is 10.1. The normalized spacial score (nSPS) is 12.4. The zero-order valence-electron chi connectivity index (χ0n) is 13.0. The van der Waals surface area contributed by atoms with Crippen LogP contribution in [0.1, 0.15) is 37.2 Å². The zero-order valence-corrected chi connectivity index (χ0v) is 13.0. The molecule has 2 rings (SSSR count). The molecule has 0 aliphatic heterocycles. The largest absolute Gasteiger partial charge is 0.487 e. The molecule has 1 atom stereocenters. The topological polar surface area (TPSA) is 66.0 Å². The van der Waals surface area contributed by atoms with Gasteiger partial charge in [-0.3, -0.25) is 9.67 Å². The molecule has 2 heterocycles. The number of pyridine rings is 1. The Morgan fingerprint density at radius 1 is 1.33 bits per heavy atom. The highest BCUT2D eigenvalue weighted by Gasteiger charge is 2.10. The lowest BCUT2D eigenvalue weighted by Gasteiger charge is -2.14. The average Bonchev–Trinajstić information content (AvgIpc) is 2.94. The maximum atomic E-state index is 6.04. The molecule has 1 unspecified atom stereocenters. The lowest BCUT2D eigenvalue weighted by molar-refractivity contribution is 0.300. The Hall–Kier alpha value is -1.88. The van der Waals surface area contributed by atoms with Crippen molar-refractivity contribution < 1.29 is 4.74 Å². The smallest absolute Gasteiger partial charge is 0.141 e. The Labute approximate surface area is 126 Å². The monoisotopic (exact) mass is 288 g/mol. The van der Waals surface area contributed by atoms with Gasteiger partial charge < -0.3 is 10.5 Å². The van der Waals surface area contributed by atoms with E-state index in [1.54, 1.807) is 0 Å². The molecule has 0 spiro atoms. The van der Waals surface area contributed by atoms with Crippen LogP contribution in [0.2, 0.25) is 0 Å². The molecule has 0 aliphatic carbocycles. The summed E-state index contributed by atoms with van der Waals surface area (Å²) in [6.45, 7) is 7.49. The van der Waals surface area contributed by atoms with Gasteiger partial charge in [-0.25, -0.2) is 0 Å². The van der Waals surface area contributed by atoms with E-state index in [1.807, 2.05) is 36.1 Å². The first-order chi connectivity index (χ1) is 10.1. The van der Waals surface area contributed by atoms with Gasteiger partial charge in [0.1, 0.15) is 12.4 Å². The first-order valence-corrected chi connectivity index (χ1v) is 7.48. The van der Waals surface area contributed by atoms with Crippen molar-refractivity contribution in [3.63, 3.8) is 0 Å². The highest BCUT2D eigenvalue weighted by atomic mass is 16.5. The minimum atomic E-state index is 0.115. The molecule has 0 radical (unpaired) electrons. The van der Waals surface area contributed by atoms with E-state index in [0.717, 1.165) is 42.1 Å². The quantitative estimate of drug-likeness (QED) is 0.850. The molecule has 0 saturated carbocycles. The number of hydrogen-bond acceptors (Lipinski definition) is 4. The predicted octanol–water partition coefficient (Wildman–Crippen LogP) is 2.47. The van der Waals surface area contributed by atoms with E-state index >= 15 is 0 Å². The van der Waals surface area contributed by atoms with Crippen molar-refractivity contribution >= 4 is 0 Å². The van der Waals surface area contributed by atoms with Crippen LogP contribution in [-0.4, -0.2) is 20.8 Å². The summed E-state index contributed by atoms with van der Waals surface area (Å²) < 4.78 is 7.80. The summed E-state index contributed by atoms with van der Waals surface area (Å²) in [5, 5.41) is 4.25. The molecule has 0 bridgehead atoms. The van der Waals surface area contributed by atoms with Gasteiger partial charge in [0.15, 0.2) is 0 Å². The van der Waals surface area contributed by atoms with Crippen LogP contribution in [0.15, 0.2) is 24.5 Å². The third kappa shape index (κ3) is 4.29. The van der Waals surface area contributed by atoms with Gasteiger partial charge in [0.05, 0.1) is 11.9 Å². The summed E-state index contributed by atoms with van der Waals surface area (Å²) in [7, 11) is 0. The molecular formula is C16H24N4O. The zero-order chi connectivity index (χ0) is 15.2. The van der Waals surface area contributed by atoms with Gasteiger partial charge in [-0.2, -0.15) is 5.10 Å². The fourth-order valence-electron chi connectivity index (χ4n) is 2.08. The van der Waals surface area contributed by atoms with Crippen molar-refractivity contribution in [2.45, 2.75) is 52.8 Å². The number of aryl methyl sites for hydroxylation is 2. The lowest BCUT2D eigenvalue weighted by Crippen LogP contribution is -2.22. The van der Waals surface area contributed by atoms with Crippen LogP contribution in [0.25, 0.3) is 0 Å². The highest BCUT2D eigenvalue weighted by molar-refractivity contribution is 5.30. The van der Waals surface area contributed by atoms with Gasteiger partial charge in [0.25, 0.3) is 0 Å². The van der Waals surface area contributed by atoms with Crippen LogP contribution in [0.5, 0.6) is 5.75 Å². The number of nitrogens with zero attached hydrogens (tertiary/aromatic N) is 3. The van der Waals surface area contributed by atoms with Crippen LogP contribution >= 0.6 is 0 Å². The van der Waals surface area contributed by atoms with E-state index in [4.69, 9.17) is 10.5 Å². The van der Waals surface area contributed by atoms with E-state index in [9.17, 15) is 0 Å².